The van der Waals surface area contributed by atoms with E-state index in [1.54, 1.807) is 29.8 Å². The van der Waals surface area contributed by atoms with Gasteiger partial charge in [-0.1, -0.05) is 54.6 Å². The van der Waals surface area contributed by atoms with Crippen LogP contribution < -0.4 is 0 Å². The van der Waals surface area contributed by atoms with Crippen LogP contribution in [-0.4, -0.2) is 49.8 Å². The van der Waals surface area contributed by atoms with E-state index in [-0.39, 0.29) is 31.2 Å². The minimum absolute atomic E-state index is 0.0161. The summed E-state index contributed by atoms with van der Waals surface area (Å²) >= 11 is 0. The third-order valence-electron chi connectivity index (χ3n) is 6.89. The summed E-state index contributed by atoms with van der Waals surface area (Å²) in [4.78, 5) is 16.8. The van der Waals surface area contributed by atoms with Crippen molar-refractivity contribution in [2.75, 3.05) is 6.61 Å². The molecular weight excluding hydrogens is 497 g/mol. The van der Waals surface area contributed by atoms with Gasteiger partial charge in [-0.3, -0.25) is 4.79 Å². The second kappa shape index (κ2) is 11.5. The van der Waals surface area contributed by atoms with Crippen LogP contribution >= 0.6 is 0 Å². The van der Waals surface area contributed by atoms with Crippen LogP contribution in [0.25, 0.3) is 39.5 Å². The number of fused-ring (bicyclic) bond motifs is 1. The van der Waals surface area contributed by atoms with Crippen molar-refractivity contribution in [1.82, 2.24) is 14.8 Å². The SMILES string of the molecule is CCOC(=O)CC(O)CC(O)/C=C/c1c(C2CC2)nc2c(c(-c3ccccc3)nn2C)c1-c1ccc(F)cc1. The molecule has 8 heteroatoms. The zero-order valence-corrected chi connectivity index (χ0v) is 22.0. The van der Waals surface area contributed by atoms with Crippen LogP contribution in [0.15, 0.2) is 60.7 Å². The Morgan fingerprint density at radius 2 is 1.85 bits per heavy atom. The van der Waals surface area contributed by atoms with Gasteiger partial charge in [-0.2, -0.15) is 5.10 Å². The third kappa shape index (κ3) is 5.92. The molecule has 0 saturated heterocycles. The van der Waals surface area contributed by atoms with Crippen LogP contribution in [0.5, 0.6) is 0 Å². The normalized spacial score (nSPS) is 15.1. The Labute approximate surface area is 226 Å². The molecule has 2 atom stereocenters. The van der Waals surface area contributed by atoms with E-state index >= 15 is 0 Å². The highest BCUT2D eigenvalue weighted by Gasteiger charge is 2.31. The fourth-order valence-electron chi connectivity index (χ4n) is 4.92. The van der Waals surface area contributed by atoms with Gasteiger partial charge in [0.2, 0.25) is 0 Å². The quantitative estimate of drug-likeness (QED) is 0.267. The van der Waals surface area contributed by atoms with Crippen LogP contribution in [0.4, 0.5) is 4.39 Å². The number of aliphatic hydroxyl groups excluding tert-OH is 2. The van der Waals surface area contributed by atoms with E-state index in [0.717, 1.165) is 57.5 Å². The fourth-order valence-corrected chi connectivity index (χ4v) is 4.92. The second-order valence-corrected chi connectivity index (χ2v) is 9.93. The van der Waals surface area contributed by atoms with E-state index < -0.39 is 18.2 Å². The fraction of sp³-hybridized carbons (Fsp3) is 0.323. The number of pyridine rings is 1. The Kier molecular flexibility index (Phi) is 7.86. The molecule has 2 aromatic carbocycles. The minimum atomic E-state index is -1.04. The van der Waals surface area contributed by atoms with Gasteiger partial charge in [0.05, 0.1) is 36.3 Å². The predicted octanol–water partition coefficient (Wildman–Crippen LogP) is 5.40. The molecule has 0 bridgehead atoms. The highest BCUT2D eigenvalue weighted by atomic mass is 19.1. The molecule has 2 N–H and O–H groups in total. The zero-order valence-electron chi connectivity index (χ0n) is 22.0. The van der Waals surface area contributed by atoms with Gasteiger partial charge < -0.3 is 14.9 Å². The summed E-state index contributed by atoms with van der Waals surface area (Å²) < 4.78 is 20.6. The van der Waals surface area contributed by atoms with E-state index in [9.17, 15) is 19.4 Å². The van der Waals surface area contributed by atoms with Gasteiger partial charge in [0.25, 0.3) is 0 Å². The van der Waals surface area contributed by atoms with Gasteiger partial charge in [-0.25, -0.2) is 14.1 Å². The first-order valence-electron chi connectivity index (χ1n) is 13.3. The summed E-state index contributed by atoms with van der Waals surface area (Å²) in [6.45, 7) is 1.94. The van der Waals surface area contributed by atoms with Gasteiger partial charge in [-0.15, -0.1) is 0 Å². The standard InChI is InChI=1S/C31H32FN3O4/c1-3-39-26(38)18-24(37)17-23(36)15-16-25-27(19-11-13-22(32)14-12-19)28-30(20-7-5-4-6-8-20)34-35(2)31(28)33-29(25)21-9-10-21/h4-8,11-16,21,23-24,36-37H,3,9-10,17-18H2,1-2H3/b16-15+. The summed E-state index contributed by atoms with van der Waals surface area (Å²) in [5.74, 6) is -0.561. The van der Waals surface area contributed by atoms with Crippen molar-refractivity contribution in [2.24, 2.45) is 7.05 Å². The summed E-state index contributed by atoms with van der Waals surface area (Å²) in [6.07, 6.45) is 3.23. The summed E-state index contributed by atoms with van der Waals surface area (Å²) in [5.41, 5.74) is 5.85. The number of carbonyl (C=O) groups is 1. The summed E-state index contributed by atoms with van der Waals surface area (Å²) in [7, 11) is 1.87. The van der Waals surface area contributed by atoms with Gasteiger partial charge in [0.15, 0.2) is 5.65 Å². The average molecular weight is 530 g/mol. The Bertz CT molecular complexity index is 1490. The number of benzene rings is 2. The highest BCUT2D eigenvalue weighted by molar-refractivity contribution is 6.06. The van der Waals surface area contributed by atoms with Gasteiger partial charge in [0.1, 0.15) is 11.5 Å². The Morgan fingerprint density at radius 3 is 2.51 bits per heavy atom. The molecule has 5 rings (SSSR count). The molecule has 7 nitrogen and oxygen atoms in total. The number of nitrogens with zero attached hydrogens (tertiary/aromatic N) is 3. The van der Waals surface area contributed by atoms with E-state index in [1.165, 1.54) is 12.1 Å². The Hall–Kier alpha value is -3.88. The Morgan fingerprint density at radius 1 is 1.13 bits per heavy atom. The first-order valence-corrected chi connectivity index (χ1v) is 13.3. The molecule has 2 unspecified atom stereocenters. The van der Waals surface area contributed by atoms with Crippen molar-refractivity contribution in [2.45, 2.75) is 50.7 Å². The average Bonchev–Trinajstić information content (AvgIpc) is 3.71. The van der Waals surface area contributed by atoms with E-state index in [0.29, 0.717) is 0 Å². The lowest BCUT2D eigenvalue weighted by Crippen LogP contribution is -2.20. The third-order valence-corrected chi connectivity index (χ3v) is 6.89. The van der Waals surface area contributed by atoms with Crippen molar-refractivity contribution in [3.05, 3.63) is 77.7 Å². The number of hydrogen-bond donors (Lipinski definition) is 2. The Balaban J connectivity index is 1.64. The number of ether oxygens (including phenoxy) is 1. The van der Waals surface area contributed by atoms with Crippen LogP contribution in [0.1, 0.15) is 49.8 Å². The van der Waals surface area contributed by atoms with Crippen molar-refractivity contribution >= 4 is 23.1 Å². The van der Waals surface area contributed by atoms with E-state index in [1.807, 2.05) is 43.5 Å². The molecule has 1 saturated carbocycles. The van der Waals surface area contributed by atoms with Crippen molar-refractivity contribution in [3.63, 3.8) is 0 Å². The van der Waals surface area contributed by atoms with Gasteiger partial charge in [-0.05, 0) is 37.5 Å². The molecule has 1 fully saturated rings. The van der Waals surface area contributed by atoms with Crippen LogP contribution in [0, 0.1) is 5.82 Å². The van der Waals surface area contributed by atoms with Gasteiger partial charge in [0, 0.05) is 36.1 Å². The van der Waals surface area contributed by atoms with Crippen LogP contribution in [0.3, 0.4) is 0 Å². The molecule has 4 aromatic rings. The van der Waals surface area contributed by atoms with E-state index in [4.69, 9.17) is 14.8 Å². The molecule has 202 valence electrons. The number of hydrogen-bond acceptors (Lipinski definition) is 6. The first-order chi connectivity index (χ1) is 18.9. The summed E-state index contributed by atoms with van der Waals surface area (Å²) in [5, 5.41) is 26.7. The summed E-state index contributed by atoms with van der Waals surface area (Å²) in [6, 6.07) is 16.2. The lowest BCUT2D eigenvalue weighted by Gasteiger charge is -2.16. The predicted molar refractivity (Wildman–Crippen MR) is 148 cm³/mol. The molecule has 1 aliphatic carbocycles. The minimum Gasteiger partial charge on any atom is -0.466 e. The molecule has 2 heterocycles. The maximum absolute atomic E-state index is 14.0. The lowest BCUT2D eigenvalue weighted by molar-refractivity contribution is -0.145. The van der Waals surface area contributed by atoms with Crippen molar-refractivity contribution in [1.29, 1.82) is 0 Å². The lowest BCUT2D eigenvalue weighted by atomic mass is 9.91. The molecule has 0 amide bonds. The van der Waals surface area contributed by atoms with E-state index in [2.05, 4.69) is 0 Å². The number of aryl methyl sites for hydroxylation is 1. The molecular formula is C31H32FN3O4. The largest absolute Gasteiger partial charge is 0.466 e. The number of halogens is 1. The molecule has 0 radical (unpaired) electrons. The molecule has 2 aromatic heterocycles. The van der Waals surface area contributed by atoms with Crippen molar-refractivity contribution in [3.8, 4) is 22.4 Å². The van der Waals surface area contributed by atoms with Crippen LogP contribution in [-0.2, 0) is 16.6 Å². The molecule has 0 aliphatic heterocycles. The highest BCUT2D eigenvalue weighted by Crippen LogP contribution is 2.47. The zero-order chi connectivity index (χ0) is 27.5. The number of esters is 1. The first kappa shape index (κ1) is 26.7. The number of aromatic nitrogens is 3. The second-order valence-electron chi connectivity index (χ2n) is 9.93. The smallest absolute Gasteiger partial charge is 0.308 e. The maximum atomic E-state index is 14.0. The molecule has 39 heavy (non-hydrogen) atoms. The number of rotatable bonds is 10. The maximum Gasteiger partial charge on any atom is 0.308 e. The molecule has 0 spiro atoms. The van der Waals surface area contributed by atoms with Crippen molar-refractivity contribution < 1.29 is 24.1 Å². The number of carbonyl (C=O) groups excluding carboxylic acids is 1. The topological polar surface area (TPSA) is 97.5 Å². The molecule has 1 aliphatic rings. The number of aliphatic hydroxyl groups is 2. The van der Waals surface area contributed by atoms with Crippen LogP contribution in [0.2, 0.25) is 0 Å². The van der Waals surface area contributed by atoms with Gasteiger partial charge >= 0.3 is 5.97 Å². The monoisotopic (exact) mass is 529 g/mol.